The van der Waals surface area contributed by atoms with Crippen LogP contribution in [0.25, 0.3) is 10.9 Å². The summed E-state index contributed by atoms with van der Waals surface area (Å²) in [5.74, 6) is 0.633. The van der Waals surface area contributed by atoms with E-state index < -0.39 is 10.0 Å². The molecule has 4 rings (SSSR count). The van der Waals surface area contributed by atoms with Gasteiger partial charge in [0.1, 0.15) is 10.8 Å². The van der Waals surface area contributed by atoms with E-state index in [1.165, 1.54) is 24.4 Å². The summed E-state index contributed by atoms with van der Waals surface area (Å²) in [6.07, 6.45) is 2.93. The standard InChI is InChI=1S/C21H16ClN3O3S/c1-14-6-8-18(9-7-14)29(26,27)25-16-11-19(22)21(24-12-16)28-17-10-15-4-2-3-5-20(15)23-13-17/h2-13,25H,1H3. The largest absolute Gasteiger partial charge is 0.436 e. The topological polar surface area (TPSA) is 81.2 Å². The predicted molar refractivity (Wildman–Crippen MR) is 113 cm³/mol. The van der Waals surface area contributed by atoms with Crippen molar-refractivity contribution < 1.29 is 13.2 Å². The van der Waals surface area contributed by atoms with Gasteiger partial charge in [-0.2, -0.15) is 0 Å². The number of ether oxygens (including phenoxy) is 1. The van der Waals surface area contributed by atoms with Gasteiger partial charge in [0.15, 0.2) is 0 Å². The molecule has 0 fully saturated rings. The second kappa shape index (κ2) is 7.69. The fourth-order valence-electron chi connectivity index (χ4n) is 2.71. The summed E-state index contributed by atoms with van der Waals surface area (Å²) in [7, 11) is -3.74. The van der Waals surface area contributed by atoms with Crippen molar-refractivity contribution in [2.75, 3.05) is 4.72 Å². The van der Waals surface area contributed by atoms with Crippen LogP contribution in [0.5, 0.6) is 11.6 Å². The van der Waals surface area contributed by atoms with Crippen molar-refractivity contribution in [1.29, 1.82) is 0 Å². The summed E-state index contributed by atoms with van der Waals surface area (Å²) in [4.78, 5) is 8.62. The molecule has 0 radical (unpaired) electrons. The van der Waals surface area contributed by atoms with Gasteiger partial charge in [0.05, 0.1) is 28.5 Å². The number of para-hydroxylation sites is 1. The third kappa shape index (κ3) is 4.31. The Labute approximate surface area is 173 Å². The van der Waals surface area contributed by atoms with Crippen LogP contribution in [-0.4, -0.2) is 18.4 Å². The van der Waals surface area contributed by atoms with Crippen molar-refractivity contribution in [3.05, 3.63) is 83.6 Å². The minimum Gasteiger partial charge on any atom is -0.436 e. The average Bonchev–Trinajstić information content (AvgIpc) is 2.70. The maximum absolute atomic E-state index is 12.5. The summed E-state index contributed by atoms with van der Waals surface area (Å²) in [5.41, 5.74) is 2.05. The lowest BCUT2D eigenvalue weighted by atomic mass is 10.2. The number of anilines is 1. The van der Waals surface area contributed by atoms with Crippen molar-refractivity contribution in [2.45, 2.75) is 11.8 Å². The highest BCUT2D eigenvalue weighted by atomic mass is 35.5. The number of sulfonamides is 1. The van der Waals surface area contributed by atoms with E-state index in [9.17, 15) is 8.42 Å². The molecule has 146 valence electrons. The second-order valence-corrected chi connectivity index (χ2v) is 8.48. The van der Waals surface area contributed by atoms with Crippen LogP contribution in [0.15, 0.2) is 78.0 Å². The number of nitrogens with one attached hydrogen (secondary N) is 1. The number of rotatable bonds is 5. The first kappa shape index (κ1) is 19.2. The molecule has 1 N–H and O–H groups in total. The molecule has 0 saturated carbocycles. The minimum atomic E-state index is -3.74. The maximum atomic E-state index is 12.5. The summed E-state index contributed by atoms with van der Waals surface area (Å²) in [6, 6.07) is 17.5. The molecule has 0 atom stereocenters. The molecule has 29 heavy (non-hydrogen) atoms. The van der Waals surface area contributed by atoms with Crippen LogP contribution < -0.4 is 9.46 Å². The van der Waals surface area contributed by atoms with Crippen molar-refractivity contribution in [3.63, 3.8) is 0 Å². The van der Waals surface area contributed by atoms with E-state index in [-0.39, 0.29) is 21.5 Å². The van der Waals surface area contributed by atoms with Gasteiger partial charge in [-0.15, -0.1) is 0 Å². The molecule has 0 aliphatic heterocycles. The third-order valence-electron chi connectivity index (χ3n) is 4.17. The number of fused-ring (bicyclic) bond motifs is 1. The van der Waals surface area contributed by atoms with Gasteiger partial charge < -0.3 is 4.74 Å². The number of aryl methyl sites for hydroxylation is 1. The van der Waals surface area contributed by atoms with Gasteiger partial charge in [-0.25, -0.2) is 13.4 Å². The molecule has 4 aromatic rings. The molecule has 0 aliphatic rings. The number of nitrogens with zero attached hydrogens (tertiary/aromatic N) is 2. The molecule has 0 aliphatic carbocycles. The van der Waals surface area contributed by atoms with Crippen LogP contribution in [0.4, 0.5) is 5.69 Å². The van der Waals surface area contributed by atoms with Gasteiger partial charge in [0.2, 0.25) is 5.88 Å². The first-order valence-electron chi connectivity index (χ1n) is 8.68. The number of halogens is 1. The Hall–Kier alpha value is -3.16. The van der Waals surface area contributed by atoms with Crippen LogP contribution in [0.1, 0.15) is 5.56 Å². The molecular weight excluding hydrogens is 410 g/mol. The summed E-state index contributed by atoms with van der Waals surface area (Å²) >= 11 is 6.25. The van der Waals surface area contributed by atoms with Gasteiger partial charge in [-0.1, -0.05) is 47.5 Å². The SMILES string of the molecule is Cc1ccc(S(=O)(=O)Nc2cnc(Oc3cnc4ccccc4c3)c(Cl)c2)cc1. The lowest BCUT2D eigenvalue weighted by molar-refractivity contribution is 0.462. The zero-order valence-electron chi connectivity index (χ0n) is 15.3. The molecule has 0 spiro atoms. The highest BCUT2D eigenvalue weighted by Crippen LogP contribution is 2.30. The van der Waals surface area contributed by atoms with E-state index in [4.69, 9.17) is 16.3 Å². The van der Waals surface area contributed by atoms with Crippen molar-refractivity contribution >= 4 is 38.2 Å². The fraction of sp³-hybridized carbons (Fsp3) is 0.0476. The van der Waals surface area contributed by atoms with Gasteiger partial charge in [-0.05, 0) is 37.3 Å². The Morgan fingerprint density at radius 3 is 2.48 bits per heavy atom. The summed E-state index contributed by atoms with van der Waals surface area (Å²) < 4.78 is 33.2. The first-order chi connectivity index (χ1) is 13.9. The maximum Gasteiger partial charge on any atom is 0.261 e. The zero-order chi connectivity index (χ0) is 20.4. The Balaban J connectivity index is 1.55. The third-order valence-corrected chi connectivity index (χ3v) is 5.84. The summed E-state index contributed by atoms with van der Waals surface area (Å²) in [5, 5.41) is 1.09. The summed E-state index contributed by atoms with van der Waals surface area (Å²) in [6.45, 7) is 1.89. The van der Waals surface area contributed by atoms with Crippen LogP contribution in [0.2, 0.25) is 5.02 Å². The molecule has 0 unspecified atom stereocenters. The Morgan fingerprint density at radius 2 is 1.72 bits per heavy atom. The highest BCUT2D eigenvalue weighted by Gasteiger charge is 2.15. The Morgan fingerprint density at radius 1 is 0.966 bits per heavy atom. The molecule has 0 bridgehead atoms. The molecule has 2 heterocycles. The molecule has 0 amide bonds. The van der Waals surface area contributed by atoms with Crippen molar-refractivity contribution in [1.82, 2.24) is 9.97 Å². The molecule has 0 saturated heterocycles. The predicted octanol–water partition coefficient (Wildman–Crippen LogP) is 5.18. The zero-order valence-corrected chi connectivity index (χ0v) is 16.9. The molecule has 8 heteroatoms. The first-order valence-corrected chi connectivity index (χ1v) is 10.5. The van der Waals surface area contributed by atoms with Crippen LogP contribution in [-0.2, 0) is 10.0 Å². The van der Waals surface area contributed by atoms with E-state index in [2.05, 4.69) is 14.7 Å². The number of hydrogen-bond acceptors (Lipinski definition) is 5. The smallest absolute Gasteiger partial charge is 0.261 e. The van der Waals surface area contributed by atoms with Crippen LogP contribution in [0, 0.1) is 6.92 Å². The number of aromatic nitrogens is 2. The molecular formula is C21H16ClN3O3S. The quantitative estimate of drug-likeness (QED) is 0.476. The normalized spacial score (nSPS) is 11.4. The van der Waals surface area contributed by atoms with Crippen LogP contribution in [0.3, 0.4) is 0 Å². The number of benzene rings is 2. The van der Waals surface area contributed by atoms with Crippen molar-refractivity contribution in [2.24, 2.45) is 0 Å². The lowest BCUT2D eigenvalue weighted by Gasteiger charge is -2.11. The Kier molecular flexibility index (Phi) is 5.08. The van der Waals surface area contributed by atoms with E-state index >= 15 is 0 Å². The molecule has 6 nitrogen and oxygen atoms in total. The Bertz CT molecular complexity index is 1290. The number of pyridine rings is 2. The van der Waals surface area contributed by atoms with Crippen LogP contribution >= 0.6 is 11.6 Å². The number of hydrogen-bond donors (Lipinski definition) is 1. The van der Waals surface area contributed by atoms with Crippen molar-refractivity contribution in [3.8, 4) is 11.6 Å². The van der Waals surface area contributed by atoms with Gasteiger partial charge in [0, 0.05) is 5.39 Å². The highest BCUT2D eigenvalue weighted by molar-refractivity contribution is 7.92. The average molecular weight is 426 g/mol. The van der Waals surface area contributed by atoms with Gasteiger partial charge >= 0.3 is 0 Å². The van der Waals surface area contributed by atoms with E-state index in [1.807, 2.05) is 37.3 Å². The van der Waals surface area contributed by atoms with E-state index in [1.54, 1.807) is 18.3 Å². The molecule has 2 aromatic carbocycles. The fourth-order valence-corrected chi connectivity index (χ4v) is 3.95. The lowest BCUT2D eigenvalue weighted by Crippen LogP contribution is -2.13. The second-order valence-electron chi connectivity index (χ2n) is 6.40. The van der Waals surface area contributed by atoms with E-state index in [0.29, 0.717) is 5.75 Å². The van der Waals surface area contributed by atoms with Gasteiger partial charge in [0.25, 0.3) is 10.0 Å². The minimum absolute atomic E-state index is 0.154. The molecule has 2 aromatic heterocycles. The van der Waals surface area contributed by atoms with E-state index in [0.717, 1.165) is 16.5 Å². The van der Waals surface area contributed by atoms with Gasteiger partial charge in [-0.3, -0.25) is 9.71 Å². The monoisotopic (exact) mass is 425 g/mol.